The van der Waals surface area contributed by atoms with Crippen molar-refractivity contribution in [1.29, 1.82) is 0 Å². The third-order valence-electron chi connectivity index (χ3n) is 3.98. The molecule has 1 fully saturated rings. The van der Waals surface area contributed by atoms with E-state index in [-0.39, 0.29) is 11.3 Å². The van der Waals surface area contributed by atoms with Crippen LogP contribution in [0.4, 0.5) is 0 Å². The van der Waals surface area contributed by atoms with E-state index in [2.05, 4.69) is 27.0 Å². The number of rotatable bonds is 3. The van der Waals surface area contributed by atoms with Crippen molar-refractivity contribution in [3.63, 3.8) is 0 Å². The van der Waals surface area contributed by atoms with Crippen molar-refractivity contribution in [3.05, 3.63) is 24.8 Å². The van der Waals surface area contributed by atoms with Crippen LogP contribution in [0.5, 0.6) is 0 Å². The molecule has 84 valence electrons. The molecule has 0 N–H and O–H groups in total. The van der Waals surface area contributed by atoms with Gasteiger partial charge in [0.25, 0.3) is 0 Å². The highest BCUT2D eigenvalue weighted by Gasteiger charge is 2.39. The van der Waals surface area contributed by atoms with Crippen LogP contribution in [0.15, 0.2) is 24.8 Å². The molecular formula is C14H22O. The monoisotopic (exact) mass is 206 g/mol. The second-order valence-electron chi connectivity index (χ2n) is 5.19. The third kappa shape index (κ3) is 2.39. The number of ketones is 1. The van der Waals surface area contributed by atoms with Crippen LogP contribution < -0.4 is 0 Å². The van der Waals surface area contributed by atoms with Crippen molar-refractivity contribution in [1.82, 2.24) is 0 Å². The Hall–Kier alpha value is -0.850. The van der Waals surface area contributed by atoms with Crippen molar-refractivity contribution in [2.75, 3.05) is 0 Å². The van der Waals surface area contributed by atoms with Gasteiger partial charge in [0, 0.05) is 5.92 Å². The van der Waals surface area contributed by atoms with Gasteiger partial charge in [0.15, 0.2) is 0 Å². The minimum atomic E-state index is 0.137. The van der Waals surface area contributed by atoms with Gasteiger partial charge in [-0.1, -0.05) is 25.2 Å². The summed E-state index contributed by atoms with van der Waals surface area (Å²) in [6.45, 7) is 14.0. The number of carbonyl (C=O) groups excluding carboxylic acids is 1. The SMILES string of the molecule is C=C[C@@]1(C)CC[C@@H](C(C)=O)C[C@H]1C(=C)C. The minimum Gasteiger partial charge on any atom is -0.300 e. The zero-order valence-corrected chi connectivity index (χ0v) is 10.2. The molecular weight excluding hydrogens is 184 g/mol. The summed E-state index contributed by atoms with van der Waals surface area (Å²) in [4.78, 5) is 11.4. The Kier molecular flexibility index (Phi) is 3.54. The van der Waals surface area contributed by atoms with Crippen LogP contribution in [0.25, 0.3) is 0 Å². The molecule has 0 aliphatic heterocycles. The molecule has 0 bridgehead atoms. The summed E-state index contributed by atoms with van der Waals surface area (Å²) >= 11 is 0. The van der Waals surface area contributed by atoms with E-state index in [9.17, 15) is 4.79 Å². The van der Waals surface area contributed by atoms with Crippen molar-refractivity contribution < 1.29 is 4.79 Å². The highest BCUT2D eigenvalue weighted by molar-refractivity contribution is 5.78. The fourth-order valence-electron chi connectivity index (χ4n) is 2.71. The van der Waals surface area contributed by atoms with Gasteiger partial charge in [0.1, 0.15) is 5.78 Å². The second kappa shape index (κ2) is 4.34. The van der Waals surface area contributed by atoms with E-state index in [4.69, 9.17) is 0 Å². The Morgan fingerprint density at radius 3 is 2.47 bits per heavy atom. The van der Waals surface area contributed by atoms with Crippen LogP contribution in [0.2, 0.25) is 0 Å². The molecule has 15 heavy (non-hydrogen) atoms. The van der Waals surface area contributed by atoms with Crippen molar-refractivity contribution in [2.24, 2.45) is 17.3 Å². The second-order valence-corrected chi connectivity index (χ2v) is 5.19. The summed E-state index contributed by atoms with van der Waals surface area (Å²) in [5.74, 6) is 0.977. The van der Waals surface area contributed by atoms with Crippen molar-refractivity contribution in [3.8, 4) is 0 Å². The van der Waals surface area contributed by atoms with E-state index in [0.29, 0.717) is 11.7 Å². The van der Waals surface area contributed by atoms with Gasteiger partial charge in [-0.3, -0.25) is 4.79 Å². The topological polar surface area (TPSA) is 17.1 Å². The van der Waals surface area contributed by atoms with E-state index < -0.39 is 0 Å². The average Bonchev–Trinajstić information content (AvgIpc) is 2.17. The molecule has 1 nitrogen and oxygen atoms in total. The number of Topliss-reactive ketones (excluding diaryl/α,β-unsaturated/α-hetero) is 1. The predicted molar refractivity (Wildman–Crippen MR) is 64.6 cm³/mol. The molecule has 0 aromatic heterocycles. The molecule has 0 spiro atoms. The lowest BCUT2D eigenvalue weighted by Crippen LogP contribution is -2.35. The maximum atomic E-state index is 11.4. The van der Waals surface area contributed by atoms with Crippen LogP contribution >= 0.6 is 0 Å². The lowest BCUT2D eigenvalue weighted by atomic mass is 9.62. The molecule has 1 saturated carbocycles. The number of allylic oxidation sites excluding steroid dienone is 2. The van der Waals surface area contributed by atoms with Gasteiger partial charge in [-0.15, -0.1) is 6.58 Å². The molecule has 0 radical (unpaired) electrons. The summed E-state index contributed by atoms with van der Waals surface area (Å²) in [5.41, 5.74) is 1.32. The molecule has 1 heteroatoms. The van der Waals surface area contributed by atoms with Gasteiger partial charge < -0.3 is 0 Å². The molecule has 0 amide bonds. The van der Waals surface area contributed by atoms with Crippen LogP contribution in [0.3, 0.4) is 0 Å². The Morgan fingerprint density at radius 2 is 2.07 bits per heavy atom. The van der Waals surface area contributed by atoms with Gasteiger partial charge in [0.05, 0.1) is 0 Å². The Labute approximate surface area is 93.3 Å². The molecule has 3 atom stereocenters. The first-order chi connectivity index (χ1) is 6.90. The Balaban J connectivity index is 2.88. The maximum absolute atomic E-state index is 11.4. The first-order valence-electron chi connectivity index (χ1n) is 5.70. The van der Waals surface area contributed by atoms with Gasteiger partial charge in [0.2, 0.25) is 0 Å². The fourth-order valence-corrected chi connectivity index (χ4v) is 2.71. The van der Waals surface area contributed by atoms with Crippen molar-refractivity contribution >= 4 is 5.78 Å². The van der Waals surface area contributed by atoms with Crippen LogP contribution in [0, 0.1) is 17.3 Å². The van der Waals surface area contributed by atoms with E-state index >= 15 is 0 Å². The summed E-state index contributed by atoms with van der Waals surface area (Å²) in [5, 5.41) is 0. The van der Waals surface area contributed by atoms with E-state index in [0.717, 1.165) is 19.3 Å². The molecule has 0 unspecified atom stereocenters. The van der Waals surface area contributed by atoms with Gasteiger partial charge in [-0.2, -0.15) is 0 Å². The summed E-state index contributed by atoms with van der Waals surface area (Å²) in [6, 6.07) is 0. The minimum absolute atomic E-state index is 0.137. The van der Waals surface area contributed by atoms with E-state index in [1.807, 2.05) is 6.08 Å². The zero-order valence-electron chi connectivity index (χ0n) is 10.2. The average molecular weight is 206 g/mol. The van der Waals surface area contributed by atoms with Gasteiger partial charge in [-0.25, -0.2) is 0 Å². The first-order valence-corrected chi connectivity index (χ1v) is 5.70. The summed E-state index contributed by atoms with van der Waals surface area (Å²) in [6.07, 6.45) is 5.05. The molecule has 0 saturated heterocycles. The molecule has 1 aliphatic rings. The third-order valence-corrected chi connectivity index (χ3v) is 3.98. The molecule has 0 heterocycles. The Morgan fingerprint density at radius 1 is 1.47 bits per heavy atom. The summed E-state index contributed by atoms with van der Waals surface area (Å²) in [7, 11) is 0. The molecule has 0 aromatic carbocycles. The smallest absolute Gasteiger partial charge is 0.132 e. The standard InChI is InChI=1S/C14H22O/c1-6-14(5)8-7-12(11(4)15)9-13(14)10(2)3/h6,12-13H,1-2,7-9H2,3-5H3/t12-,13+,14+/m1/s1. The van der Waals surface area contributed by atoms with E-state index in [1.165, 1.54) is 5.57 Å². The highest BCUT2D eigenvalue weighted by atomic mass is 16.1. The van der Waals surface area contributed by atoms with E-state index in [1.54, 1.807) is 6.92 Å². The largest absolute Gasteiger partial charge is 0.300 e. The van der Waals surface area contributed by atoms with Crippen LogP contribution in [-0.2, 0) is 4.79 Å². The van der Waals surface area contributed by atoms with Gasteiger partial charge >= 0.3 is 0 Å². The lowest BCUT2D eigenvalue weighted by molar-refractivity contribution is -0.122. The first kappa shape index (κ1) is 12.2. The zero-order chi connectivity index (χ0) is 11.6. The predicted octanol–water partition coefficient (Wildman–Crippen LogP) is 3.76. The molecule has 1 aliphatic carbocycles. The lowest BCUT2D eigenvalue weighted by Gasteiger charge is -2.42. The van der Waals surface area contributed by atoms with Gasteiger partial charge in [-0.05, 0) is 44.4 Å². The normalized spacial score (nSPS) is 35.9. The highest BCUT2D eigenvalue weighted by Crippen LogP contribution is 2.47. The van der Waals surface area contributed by atoms with Crippen LogP contribution in [0.1, 0.15) is 40.0 Å². The van der Waals surface area contributed by atoms with Crippen molar-refractivity contribution in [2.45, 2.75) is 40.0 Å². The maximum Gasteiger partial charge on any atom is 0.132 e. The summed E-state index contributed by atoms with van der Waals surface area (Å²) < 4.78 is 0. The Bertz CT molecular complexity index is 290. The number of hydrogen-bond donors (Lipinski definition) is 0. The van der Waals surface area contributed by atoms with Crippen LogP contribution in [-0.4, -0.2) is 5.78 Å². The quantitative estimate of drug-likeness (QED) is 0.643. The fraction of sp³-hybridized carbons (Fsp3) is 0.643. The number of hydrogen-bond acceptors (Lipinski definition) is 1. The number of carbonyl (C=O) groups is 1. The molecule has 1 rings (SSSR count). The molecule has 0 aromatic rings.